The topological polar surface area (TPSA) is 52.1 Å². The lowest BCUT2D eigenvalue weighted by Crippen LogP contribution is -1.94. The van der Waals surface area contributed by atoms with Crippen molar-refractivity contribution >= 4 is 54.8 Å². The maximum absolute atomic E-state index is 6.44. The molecule has 224 valence electrons. The molecular weight excluding hydrogens is 588 g/mol. The molecule has 3 heterocycles. The van der Waals surface area contributed by atoms with E-state index in [0.29, 0.717) is 11.4 Å². The van der Waals surface area contributed by atoms with E-state index in [-0.39, 0.29) is 0 Å². The first-order valence-corrected chi connectivity index (χ1v) is 16.1. The van der Waals surface area contributed by atoms with E-state index in [4.69, 9.17) is 18.8 Å². The van der Waals surface area contributed by atoms with Gasteiger partial charge < -0.3 is 8.83 Å². The fraction of sp³-hybridized carbons (Fsp3) is 0. The summed E-state index contributed by atoms with van der Waals surface area (Å²) in [6.07, 6.45) is 0. The van der Waals surface area contributed by atoms with Crippen molar-refractivity contribution in [2.45, 2.75) is 0 Å². The lowest BCUT2D eigenvalue weighted by atomic mass is 9.96. The van der Waals surface area contributed by atoms with Gasteiger partial charge in [0.05, 0.1) is 0 Å². The summed E-state index contributed by atoms with van der Waals surface area (Å²) >= 11 is 0. The zero-order valence-electron chi connectivity index (χ0n) is 25.7. The molecule has 4 nitrogen and oxygen atoms in total. The quantitative estimate of drug-likeness (QED) is 0.198. The molecule has 0 saturated heterocycles. The number of rotatable bonds is 4. The first-order valence-electron chi connectivity index (χ1n) is 16.1. The van der Waals surface area contributed by atoms with Crippen molar-refractivity contribution in [1.29, 1.82) is 0 Å². The third-order valence-electron chi connectivity index (χ3n) is 9.32. The van der Waals surface area contributed by atoms with Gasteiger partial charge in [-0.25, -0.2) is 9.97 Å². The highest BCUT2D eigenvalue weighted by Crippen LogP contribution is 2.41. The van der Waals surface area contributed by atoms with E-state index in [0.717, 1.165) is 66.4 Å². The van der Waals surface area contributed by atoms with Gasteiger partial charge in [-0.05, 0) is 63.4 Å². The normalized spacial score (nSPS) is 11.8. The highest BCUT2D eigenvalue weighted by Gasteiger charge is 2.21. The predicted octanol–water partition coefficient (Wildman–Crippen LogP) is 12.1. The van der Waals surface area contributed by atoms with Crippen LogP contribution in [-0.4, -0.2) is 9.97 Å². The van der Waals surface area contributed by atoms with Crippen LogP contribution in [0.2, 0.25) is 0 Å². The standard InChI is InChI=1S/C44H26N2O2/c1-2-10-27(11-3-1)28-20-22-30(23-21-28)41-43-42(34-15-6-7-18-37(34)48-43)46-44(45-41)35-17-9-19-39-40(35)36-26-31(24-25-38(36)47-39)33-16-8-13-29-12-4-5-14-32(29)33/h1-26H. The molecule has 10 rings (SSSR count). The maximum atomic E-state index is 6.44. The predicted molar refractivity (Wildman–Crippen MR) is 196 cm³/mol. The third-order valence-corrected chi connectivity index (χ3v) is 9.32. The van der Waals surface area contributed by atoms with E-state index in [2.05, 4.69) is 121 Å². The molecule has 4 heteroatoms. The third kappa shape index (κ3) is 4.16. The average molecular weight is 615 g/mol. The lowest BCUT2D eigenvalue weighted by molar-refractivity contribution is 0.667. The van der Waals surface area contributed by atoms with Gasteiger partial charge >= 0.3 is 0 Å². The molecule has 0 unspecified atom stereocenters. The summed E-state index contributed by atoms with van der Waals surface area (Å²) in [7, 11) is 0. The molecule has 48 heavy (non-hydrogen) atoms. The summed E-state index contributed by atoms with van der Waals surface area (Å²) < 4.78 is 12.9. The molecule has 0 saturated carbocycles. The molecule has 0 amide bonds. The van der Waals surface area contributed by atoms with Crippen molar-refractivity contribution in [2.75, 3.05) is 0 Å². The SMILES string of the molecule is c1ccc(-c2ccc(-c3nc(-c4cccc5oc6ccc(-c7cccc8ccccc78)cc6c45)nc4c3oc3ccccc34)cc2)cc1. The Morgan fingerprint density at radius 2 is 1.04 bits per heavy atom. The Kier molecular flexibility index (Phi) is 5.84. The first kappa shape index (κ1) is 26.7. The van der Waals surface area contributed by atoms with Gasteiger partial charge in [0, 0.05) is 27.3 Å². The number of furan rings is 2. The minimum atomic E-state index is 0.625. The fourth-order valence-corrected chi connectivity index (χ4v) is 7.02. The summed E-state index contributed by atoms with van der Waals surface area (Å²) in [6.45, 7) is 0. The summed E-state index contributed by atoms with van der Waals surface area (Å²) in [4.78, 5) is 10.4. The molecule has 0 bridgehead atoms. The van der Waals surface area contributed by atoms with Gasteiger partial charge in [0.15, 0.2) is 11.4 Å². The van der Waals surface area contributed by atoms with Crippen molar-refractivity contribution in [2.24, 2.45) is 0 Å². The number of benzene rings is 7. The second-order valence-corrected chi connectivity index (χ2v) is 12.1. The molecule has 3 aromatic heterocycles. The molecule has 7 aromatic carbocycles. The van der Waals surface area contributed by atoms with Gasteiger partial charge in [-0.1, -0.05) is 127 Å². The first-order chi connectivity index (χ1) is 23.8. The minimum Gasteiger partial charge on any atom is -0.456 e. The van der Waals surface area contributed by atoms with Crippen LogP contribution in [0.15, 0.2) is 167 Å². The smallest absolute Gasteiger partial charge is 0.180 e. The monoisotopic (exact) mass is 614 g/mol. The summed E-state index contributed by atoms with van der Waals surface area (Å²) in [6, 6.07) is 54.5. The van der Waals surface area contributed by atoms with E-state index >= 15 is 0 Å². The molecule has 10 aromatic rings. The van der Waals surface area contributed by atoms with Crippen LogP contribution >= 0.6 is 0 Å². The average Bonchev–Trinajstić information content (AvgIpc) is 3.73. The Balaban J connectivity index is 1.21. The van der Waals surface area contributed by atoms with Crippen LogP contribution in [0.1, 0.15) is 0 Å². The molecule has 0 fully saturated rings. The van der Waals surface area contributed by atoms with Gasteiger partial charge in [0.2, 0.25) is 0 Å². The highest BCUT2D eigenvalue weighted by atomic mass is 16.3. The zero-order valence-corrected chi connectivity index (χ0v) is 25.7. The van der Waals surface area contributed by atoms with Crippen molar-refractivity contribution < 1.29 is 8.83 Å². The van der Waals surface area contributed by atoms with E-state index in [1.807, 2.05) is 36.4 Å². The number of hydrogen-bond donors (Lipinski definition) is 0. The second kappa shape index (κ2) is 10.5. The van der Waals surface area contributed by atoms with E-state index in [9.17, 15) is 0 Å². The summed E-state index contributed by atoms with van der Waals surface area (Å²) in [5, 5.41) is 5.41. The van der Waals surface area contributed by atoms with Crippen LogP contribution in [0.25, 0.3) is 99.7 Å². The molecule has 0 N–H and O–H groups in total. The van der Waals surface area contributed by atoms with E-state index in [1.165, 1.54) is 21.9 Å². The van der Waals surface area contributed by atoms with Crippen molar-refractivity contribution in [3.63, 3.8) is 0 Å². The van der Waals surface area contributed by atoms with Gasteiger partial charge in [-0.15, -0.1) is 0 Å². The van der Waals surface area contributed by atoms with Gasteiger partial charge in [-0.3, -0.25) is 0 Å². The largest absolute Gasteiger partial charge is 0.456 e. The number of hydrogen-bond acceptors (Lipinski definition) is 4. The van der Waals surface area contributed by atoms with Crippen LogP contribution in [-0.2, 0) is 0 Å². The van der Waals surface area contributed by atoms with E-state index < -0.39 is 0 Å². The van der Waals surface area contributed by atoms with Gasteiger partial charge in [0.1, 0.15) is 28.0 Å². The van der Waals surface area contributed by atoms with Crippen LogP contribution in [0.3, 0.4) is 0 Å². The molecular formula is C44H26N2O2. The number of nitrogens with zero attached hydrogens (tertiary/aromatic N) is 2. The fourth-order valence-electron chi connectivity index (χ4n) is 7.02. The van der Waals surface area contributed by atoms with Gasteiger partial charge in [0.25, 0.3) is 0 Å². The molecule has 0 atom stereocenters. The Labute approximate surface area is 275 Å². The minimum absolute atomic E-state index is 0.625. The van der Waals surface area contributed by atoms with Crippen LogP contribution in [0.4, 0.5) is 0 Å². The lowest BCUT2D eigenvalue weighted by Gasteiger charge is -2.09. The van der Waals surface area contributed by atoms with Gasteiger partial charge in [-0.2, -0.15) is 0 Å². The van der Waals surface area contributed by atoms with Crippen LogP contribution in [0.5, 0.6) is 0 Å². The summed E-state index contributed by atoms with van der Waals surface area (Å²) in [5.41, 5.74) is 11.1. The maximum Gasteiger partial charge on any atom is 0.180 e. The molecule has 0 aliphatic rings. The van der Waals surface area contributed by atoms with E-state index in [1.54, 1.807) is 0 Å². The van der Waals surface area contributed by atoms with Crippen molar-refractivity contribution in [3.05, 3.63) is 158 Å². The molecule has 0 spiro atoms. The van der Waals surface area contributed by atoms with Crippen molar-refractivity contribution in [1.82, 2.24) is 9.97 Å². The van der Waals surface area contributed by atoms with Crippen LogP contribution in [0, 0.1) is 0 Å². The molecule has 0 radical (unpaired) electrons. The Bertz CT molecular complexity index is 2820. The zero-order chi connectivity index (χ0) is 31.6. The number of para-hydroxylation sites is 1. The number of aromatic nitrogens is 2. The van der Waals surface area contributed by atoms with Crippen LogP contribution < -0.4 is 0 Å². The molecule has 0 aliphatic carbocycles. The Morgan fingerprint density at radius 3 is 1.94 bits per heavy atom. The second-order valence-electron chi connectivity index (χ2n) is 12.1. The Morgan fingerprint density at radius 1 is 0.396 bits per heavy atom. The Hall–Kier alpha value is -6.52. The molecule has 0 aliphatic heterocycles. The summed E-state index contributed by atoms with van der Waals surface area (Å²) in [5.74, 6) is 0.625. The highest BCUT2D eigenvalue weighted by molar-refractivity contribution is 6.14. The van der Waals surface area contributed by atoms with Crippen molar-refractivity contribution in [3.8, 4) is 44.9 Å². The number of fused-ring (bicyclic) bond motifs is 7.